The minimum atomic E-state index is -0.937. The summed E-state index contributed by atoms with van der Waals surface area (Å²) < 4.78 is 6.17. The highest BCUT2D eigenvalue weighted by molar-refractivity contribution is 7.11. The molecule has 2 N–H and O–H groups in total. The number of phenols is 1. The summed E-state index contributed by atoms with van der Waals surface area (Å²) in [6, 6.07) is 0. The Bertz CT molecular complexity index is 847. The van der Waals surface area contributed by atoms with Gasteiger partial charge in [-0.1, -0.05) is 11.3 Å². The van der Waals surface area contributed by atoms with E-state index in [-0.39, 0.29) is 5.91 Å². The third kappa shape index (κ3) is 3.08. The van der Waals surface area contributed by atoms with Crippen LogP contribution in [0.15, 0.2) is 0 Å². The van der Waals surface area contributed by atoms with Crippen LogP contribution in [0.25, 0.3) is 0 Å². The van der Waals surface area contributed by atoms with Gasteiger partial charge in [0.2, 0.25) is 0 Å². The van der Waals surface area contributed by atoms with Gasteiger partial charge in [0, 0.05) is 12.0 Å². The normalized spacial score (nSPS) is 19.2. The number of phenolic OH excluding ortho intramolecular Hbond substituents is 1. The van der Waals surface area contributed by atoms with Gasteiger partial charge in [0.1, 0.15) is 21.5 Å². The minimum Gasteiger partial charge on any atom is -0.507 e. The predicted octanol–water partition coefficient (Wildman–Crippen LogP) is 2.88. The number of nitrogens with zero attached hydrogens (tertiary/aromatic N) is 2. The van der Waals surface area contributed by atoms with Crippen molar-refractivity contribution in [2.45, 2.75) is 59.6 Å². The predicted molar refractivity (Wildman–Crippen MR) is 96.2 cm³/mol. The van der Waals surface area contributed by atoms with Gasteiger partial charge in [-0.3, -0.25) is 4.79 Å². The molecule has 0 saturated heterocycles. The van der Waals surface area contributed by atoms with E-state index in [0.717, 1.165) is 38.0 Å². The molecule has 0 unspecified atom stereocenters. The molecule has 0 fully saturated rings. The zero-order chi connectivity index (χ0) is 18.4. The van der Waals surface area contributed by atoms with Crippen molar-refractivity contribution in [2.75, 3.05) is 0 Å². The Balaban J connectivity index is 1.81. The van der Waals surface area contributed by atoms with Gasteiger partial charge in [0.25, 0.3) is 5.91 Å². The van der Waals surface area contributed by atoms with E-state index in [9.17, 15) is 9.90 Å². The van der Waals surface area contributed by atoms with Crippen molar-refractivity contribution >= 4 is 17.2 Å². The molecule has 0 bridgehead atoms. The number of aromatic hydroxyl groups is 1. The molecule has 0 spiro atoms. The van der Waals surface area contributed by atoms with Crippen LogP contribution >= 0.6 is 11.3 Å². The monoisotopic (exact) mass is 361 g/mol. The average Bonchev–Trinajstić information content (AvgIpc) is 3.01. The second-order valence-corrected chi connectivity index (χ2v) is 8.03. The first-order valence-electron chi connectivity index (χ1n) is 8.31. The first-order valence-corrected chi connectivity index (χ1v) is 9.12. The first kappa shape index (κ1) is 17.7. The molecule has 1 aromatic heterocycles. The molecule has 2 aromatic rings. The number of rotatable bonds is 3. The van der Waals surface area contributed by atoms with E-state index >= 15 is 0 Å². The molecule has 1 aliphatic heterocycles. The van der Waals surface area contributed by atoms with Crippen LogP contribution in [-0.4, -0.2) is 26.8 Å². The molecule has 134 valence electrons. The van der Waals surface area contributed by atoms with Crippen LogP contribution in [0.4, 0.5) is 0 Å². The summed E-state index contributed by atoms with van der Waals surface area (Å²) in [6.07, 6.45) is 1.25. The van der Waals surface area contributed by atoms with Gasteiger partial charge in [-0.05, 0) is 57.7 Å². The number of amides is 1. The molecular weight excluding hydrogens is 338 g/mol. The van der Waals surface area contributed by atoms with E-state index in [1.54, 1.807) is 0 Å². The van der Waals surface area contributed by atoms with Crippen molar-refractivity contribution in [2.24, 2.45) is 0 Å². The lowest BCUT2D eigenvalue weighted by Gasteiger charge is -2.36. The smallest absolute Gasteiger partial charge is 0.264 e. The van der Waals surface area contributed by atoms with Crippen molar-refractivity contribution < 1.29 is 14.6 Å². The Labute approximate surface area is 151 Å². The molecule has 1 amide bonds. The Morgan fingerprint density at radius 2 is 1.96 bits per heavy atom. The topological polar surface area (TPSA) is 84.3 Å². The third-order valence-corrected chi connectivity index (χ3v) is 5.81. The summed E-state index contributed by atoms with van der Waals surface area (Å²) in [4.78, 5) is 12.7. The number of fused-ring (bicyclic) bond motifs is 1. The molecule has 1 aromatic carbocycles. The van der Waals surface area contributed by atoms with Gasteiger partial charge in [-0.25, -0.2) is 0 Å². The highest BCUT2D eigenvalue weighted by Gasteiger charge is 2.40. The summed E-state index contributed by atoms with van der Waals surface area (Å²) >= 11 is 1.47. The van der Waals surface area contributed by atoms with Crippen molar-refractivity contribution in [1.82, 2.24) is 15.5 Å². The Morgan fingerprint density at radius 3 is 2.60 bits per heavy atom. The number of carbonyl (C=O) groups excluding carboxylic acids is 1. The number of hydrogen-bond acceptors (Lipinski definition) is 6. The molecule has 2 heterocycles. The second kappa shape index (κ2) is 6.29. The van der Waals surface area contributed by atoms with Crippen LogP contribution in [0, 0.1) is 27.7 Å². The van der Waals surface area contributed by atoms with Crippen LogP contribution in [-0.2, 0) is 17.8 Å². The number of hydrogen-bond donors (Lipinski definition) is 2. The highest BCUT2D eigenvalue weighted by Crippen LogP contribution is 2.43. The first-order chi connectivity index (χ1) is 11.7. The Kier molecular flexibility index (Phi) is 4.45. The molecule has 1 atom stereocenters. The maximum absolute atomic E-state index is 12.7. The summed E-state index contributed by atoms with van der Waals surface area (Å²) in [5, 5.41) is 22.8. The number of aryl methyl sites for hydroxylation is 1. The maximum atomic E-state index is 12.7. The fraction of sp³-hybridized carbons (Fsp3) is 0.500. The lowest BCUT2D eigenvalue weighted by Crippen LogP contribution is -2.50. The van der Waals surface area contributed by atoms with E-state index < -0.39 is 5.60 Å². The number of ether oxygens (including phenoxy) is 1. The fourth-order valence-corrected chi connectivity index (χ4v) is 3.81. The fourth-order valence-electron chi connectivity index (χ4n) is 3.16. The molecular formula is C18H23N3O3S. The number of nitrogens with one attached hydrogen (secondary N) is 1. The van der Waals surface area contributed by atoms with E-state index in [2.05, 4.69) is 15.5 Å². The van der Waals surface area contributed by atoms with Crippen molar-refractivity contribution in [3.8, 4) is 11.5 Å². The lowest BCUT2D eigenvalue weighted by molar-refractivity contribution is -0.137. The van der Waals surface area contributed by atoms with Crippen LogP contribution in [0.3, 0.4) is 0 Å². The molecule has 25 heavy (non-hydrogen) atoms. The summed E-state index contributed by atoms with van der Waals surface area (Å²) in [7, 11) is 0. The zero-order valence-electron chi connectivity index (χ0n) is 15.2. The lowest BCUT2D eigenvalue weighted by atomic mass is 9.86. The van der Waals surface area contributed by atoms with Gasteiger partial charge < -0.3 is 15.2 Å². The van der Waals surface area contributed by atoms with Gasteiger partial charge in [-0.2, -0.15) is 0 Å². The molecule has 1 aliphatic rings. The van der Waals surface area contributed by atoms with E-state index in [1.807, 2.05) is 34.6 Å². The second-order valence-electron chi connectivity index (χ2n) is 6.76. The van der Waals surface area contributed by atoms with Crippen LogP contribution < -0.4 is 10.1 Å². The van der Waals surface area contributed by atoms with Gasteiger partial charge in [-0.15, -0.1) is 10.2 Å². The van der Waals surface area contributed by atoms with Crippen LogP contribution in [0.1, 0.15) is 45.6 Å². The van der Waals surface area contributed by atoms with E-state index in [0.29, 0.717) is 25.1 Å². The maximum Gasteiger partial charge on any atom is 0.264 e. The van der Waals surface area contributed by atoms with Gasteiger partial charge >= 0.3 is 0 Å². The average molecular weight is 361 g/mol. The van der Waals surface area contributed by atoms with Crippen molar-refractivity contribution in [3.63, 3.8) is 0 Å². The molecule has 0 radical (unpaired) electrons. The Morgan fingerprint density at radius 1 is 1.24 bits per heavy atom. The number of aromatic nitrogens is 2. The van der Waals surface area contributed by atoms with Crippen molar-refractivity contribution in [1.29, 1.82) is 0 Å². The molecule has 0 aliphatic carbocycles. The molecule has 7 heteroatoms. The van der Waals surface area contributed by atoms with Gasteiger partial charge in [0.15, 0.2) is 5.60 Å². The standard InChI is InChI=1S/C18H23N3O3S/c1-9-10(2)16-13(11(3)15(9)22)6-7-18(5,24-16)17(23)19-8-14-21-20-12(4)25-14/h22H,6-8H2,1-5H3,(H,19,23)/t18-/m0/s1. The quantitative estimate of drug-likeness (QED) is 0.878. The third-order valence-electron chi connectivity index (χ3n) is 4.97. The SMILES string of the molecule is Cc1nnc(CNC(=O)[C@]2(C)CCc3c(C)c(O)c(C)c(C)c3O2)s1. The van der Waals surface area contributed by atoms with Crippen molar-refractivity contribution in [3.05, 3.63) is 32.3 Å². The summed E-state index contributed by atoms with van der Waals surface area (Å²) in [5.41, 5.74) is 2.57. The number of carbonyl (C=O) groups is 1. The summed E-state index contributed by atoms with van der Waals surface area (Å²) in [5.74, 6) is 0.886. The van der Waals surface area contributed by atoms with Gasteiger partial charge in [0.05, 0.1) is 6.54 Å². The largest absolute Gasteiger partial charge is 0.507 e. The zero-order valence-corrected chi connectivity index (χ0v) is 16.0. The summed E-state index contributed by atoms with van der Waals surface area (Å²) in [6.45, 7) is 9.72. The Hall–Kier alpha value is -2.15. The van der Waals surface area contributed by atoms with Crippen LogP contribution in [0.5, 0.6) is 11.5 Å². The number of benzene rings is 1. The van der Waals surface area contributed by atoms with Crippen LogP contribution in [0.2, 0.25) is 0 Å². The van der Waals surface area contributed by atoms with E-state index in [4.69, 9.17) is 4.74 Å². The highest BCUT2D eigenvalue weighted by atomic mass is 32.1. The van der Waals surface area contributed by atoms with E-state index in [1.165, 1.54) is 11.3 Å². The molecule has 6 nitrogen and oxygen atoms in total. The minimum absolute atomic E-state index is 0.159. The molecule has 3 rings (SSSR count). The molecule has 0 saturated carbocycles.